The second-order valence-electron chi connectivity index (χ2n) is 7.44. The average molecular weight is 384 g/mol. The van der Waals surface area contributed by atoms with E-state index in [0.29, 0.717) is 33.6 Å². The molecule has 0 fully saturated rings. The minimum atomic E-state index is -0.129. The number of anilines is 3. The molecule has 0 heterocycles. The van der Waals surface area contributed by atoms with E-state index < -0.39 is 0 Å². The van der Waals surface area contributed by atoms with Gasteiger partial charge in [-0.2, -0.15) is 0 Å². The second-order valence-corrected chi connectivity index (χ2v) is 7.44. The van der Waals surface area contributed by atoms with E-state index in [1.807, 2.05) is 19.1 Å². The summed E-state index contributed by atoms with van der Waals surface area (Å²) >= 11 is 0. The van der Waals surface area contributed by atoms with Crippen LogP contribution in [0.3, 0.4) is 0 Å². The highest BCUT2D eigenvalue weighted by Crippen LogP contribution is 2.38. The number of rotatable bonds is 4. The van der Waals surface area contributed by atoms with Gasteiger partial charge in [0.15, 0.2) is 11.6 Å². The SMILES string of the molecule is CCc1cc(Nc2ccc(NC)c3c2C(=O)c2ccccc2C3=O)c(C)cc1C. The summed E-state index contributed by atoms with van der Waals surface area (Å²) in [5.41, 5.74) is 7.64. The fourth-order valence-electron chi connectivity index (χ4n) is 4.09. The van der Waals surface area contributed by atoms with Crippen LogP contribution in [-0.4, -0.2) is 18.6 Å². The summed E-state index contributed by atoms with van der Waals surface area (Å²) in [7, 11) is 1.76. The first kappa shape index (κ1) is 18.9. The smallest absolute Gasteiger partial charge is 0.196 e. The molecule has 29 heavy (non-hydrogen) atoms. The predicted molar refractivity (Wildman–Crippen MR) is 118 cm³/mol. The monoisotopic (exact) mass is 384 g/mol. The van der Waals surface area contributed by atoms with Crippen molar-refractivity contribution in [3.8, 4) is 0 Å². The molecule has 4 nitrogen and oxygen atoms in total. The summed E-state index contributed by atoms with van der Waals surface area (Å²) in [6.07, 6.45) is 0.933. The lowest BCUT2D eigenvalue weighted by molar-refractivity contribution is 0.0980. The van der Waals surface area contributed by atoms with Gasteiger partial charge in [0.05, 0.1) is 16.8 Å². The minimum absolute atomic E-state index is 0.127. The van der Waals surface area contributed by atoms with Gasteiger partial charge in [-0.3, -0.25) is 9.59 Å². The molecule has 0 saturated heterocycles. The summed E-state index contributed by atoms with van der Waals surface area (Å²) in [4.78, 5) is 26.6. The van der Waals surface area contributed by atoms with E-state index in [9.17, 15) is 9.59 Å². The highest BCUT2D eigenvalue weighted by atomic mass is 16.1. The van der Waals surface area contributed by atoms with Crippen molar-refractivity contribution in [3.63, 3.8) is 0 Å². The molecule has 4 rings (SSSR count). The van der Waals surface area contributed by atoms with Crippen LogP contribution in [0.1, 0.15) is 55.5 Å². The van der Waals surface area contributed by atoms with Crippen LogP contribution in [0.2, 0.25) is 0 Å². The van der Waals surface area contributed by atoms with Gasteiger partial charge in [-0.05, 0) is 55.2 Å². The largest absolute Gasteiger partial charge is 0.388 e. The van der Waals surface area contributed by atoms with Crippen molar-refractivity contribution in [3.05, 3.63) is 87.5 Å². The van der Waals surface area contributed by atoms with Gasteiger partial charge in [-0.25, -0.2) is 0 Å². The normalized spacial score (nSPS) is 12.4. The number of benzene rings is 3. The molecule has 0 spiro atoms. The molecule has 3 aromatic carbocycles. The molecule has 1 aliphatic carbocycles. The number of aryl methyl sites for hydroxylation is 3. The summed E-state index contributed by atoms with van der Waals surface area (Å²) in [5.74, 6) is -0.256. The zero-order valence-electron chi connectivity index (χ0n) is 17.1. The van der Waals surface area contributed by atoms with E-state index in [1.54, 1.807) is 31.3 Å². The summed E-state index contributed by atoms with van der Waals surface area (Å²) in [6.45, 7) is 6.29. The van der Waals surface area contributed by atoms with Gasteiger partial charge in [-0.15, -0.1) is 0 Å². The molecule has 0 amide bonds. The van der Waals surface area contributed by atoms with Crippen molar-refractivity contribution in [1.29, 1.82) is 0 Å². The van der Waals surface area contributed by atoms with E-state index in [2.05, 4.69) is 36.6 Å². The summed E-state index contributed by atoms with van der Waals surface area (Å²) in [5, 5.41) is 6.50. The second kappa shape index (κ2) is 7.21. The number of carbonyl (C=O) groups is 2. The fraction of sp³-hybridized carbons (Fsp3) is 0.200. The van der Waals surface area contributed by atoms with Crippen molar-refractivity contribution in [2.24, 2.45) is 0 Å². The van der Waals surface area contributed by atoms with E-state index in [1.165, 1.54) is 11.1 Å². The molecule has 0 atom stereocenters. The molecular weight excluding hydrogens is 360 g/mol. The molecule has 1 aliphatic rings. The van der Waals surface area contributed by atoms with Crippen molar-refractivity contribution in [2.75, 3.05) is 17.7 Å². The van der Waals surface area contributed by atoms with Crippen LogP contribution in [-0.2, 0) is 6.42 Å². The maximum Gasteiger partial charge on any atom is 0.196 e. The Morgan fingerprint density at radius 2 is 1.34 bits per heavy atom. The maximum absolute atomic E-state index is 13.4. The zero-order valence-corrected chi connectivity index (χ0v) is 17.1. The highest BCUT2D eigenvalue weighted by Gasteiger charge is 2.33. The molecule has 0 unspecified atom stereocenters. The number of carbonyl (C=O) groups excluding carboxylic acids is 2. The molecule has 3 aromatic rings. The van der Waals surface area contributed by atoms with Crippen LogP contribution >= 0.6 is 0 Å². The van der Waals surface area contributed by atoms with Crippen LogP contribution in [0.15, 0.2) is 48.5 Å². The Balaban J connectivity index is 1.90. The third-order valence-electron chi connectivity index (χ3n) is 5.68. The van der Waals surface area contributed by atoms with Crippen molar-refractivity contribution in [1.82, 2.24) is 0 Å². The number of nitrogens with one attached hydrogen (secondary N) is 2. The Bertz CT molecular complexity index is 1160. The number of hydrogen-bond acceptors (Lipinski definition) is 4. The fourth-order valence-corrected chi connectivity index (χ4v) is 4.09. The van der Waals surface area contributed by atoms with Crippen molar-refractivity contribution >= 4 is 28.6 Å². The predicted octanol–water partition coefficient (Wildman–Crippen LogP) is 5.43. The minimum Gasteiger partial charge on any atom is -0.388 e. The average Bonchev–Trinajstić information content (AvgIpc) is 2.73. The molecular formula is C25H24N2O2. The quantitative estimate of drug-likeness (QED) is 0.493. The molecule has 0 aliphatic heterocycles. The van der Waals surface area contributed by atoms with Gasteiger partial charge in [0, 0.05) is 29.5 Å². The lowest BCUT2D eigenvalue weighted by atomic mass is 9.82. The summed E-state index contributed by atoms with van der Waals surface area (Å²) in [6, 6.07) is 15.0. The number of fused-ring (bicyclic) bond motifs is 2. The first-order chi connectivity index (χ1) is 14.0. The van der Waals surface area contributed by atoms with Gasteiger partial charge >= 0.3 is 0 Å². The first-order valence-electron chi connectivity index (χ1n) is 9.86. The Labute approximate surface area is 171 Å². The van der Waals surface area contributed by atoms with E-state index in [-0.39, 0.29) is 11.6 Å². The topological polar surface area (TPSA) is 58.2 Å². The first-order valence-corrected chi connectivity index (χ1v) is 9.86. The van der Waals surface area contributed by atoms with Crippen LogP contribution in [0.4, 0.5) is 17.1 Å². The van der Waals surface area contributed by atoms with Gasteiger partial charge in [-0.1, -0.05) is 37.3 Å². The standard InChI is InChI=1S/C25H24N2O2/c1-5-16-13-21(15(3)12-14(16)2)27-20-11-10-19(26-4)22-23(20)25(29)18-9-7-6-8-17(18)24(22)28/h6-13,26-27H,5H2,1-4H3. The highest BCUT2D eigenvalue weighted by molar-refractivity contribution is 6.32. The van der Waals surface area contributed by atoms with Gasteiger partial charge in [0.25, 0.3) is 0 Å². The zero-order chi connectivity index (χ0) is 20.7. The van der Waals surface area contributed by atoms with E-state index in [0.717, 1.165) is 17.7 Å². The lowest BCUT2D eigenvalue weighted by Gasteiger charge is -2.24. The third-order valence-corrected chi connectivity index (χ3v) is 5.68. The Morgan fingerprint density at radius 1 is 0.759 bits per heavy atom. The lowest BCUT2D eigenvalue weighted by Crippen LogP contribution is -2.23. The van der Waals surface area contributed by atoms with Crippen LogP contribution in [0.25, 0.3) is 0 Å². The van der Waals surface area contributed by atoms with Gasteiger partial charge in [0.2, 0.25) is 0 Å². The van der Waals surface area contributed by atoms with Crippen molar-refractivity contribution < 1.29 is 9.59 Å². The molecule has 0 saturated carbocycles. The van der Waals surface area contributed by atoms with Crippen LogP contribution < -0.4 is 10.6 Å². The third kappa shape index (κ3) is 3.01. The van der Waals surface area contributed by atoms with Crippen LogP contribution in [0, 0.1) is 13.8 Å². The van der Waals surface area contributed by atoms with E-state index >= 15 is 0 Å². The Morgan fingerprint density at radius 3 is 1.93 bits per heavy atom. The molecule has 146 valence electrons. The van der Waals surface area contributed by atoms with Gasteiger partial charge in [0.1, 0.15) is 0 Å². The number of hydrogen-bond donors (Lipinski definition) is 2. The van der Waals surface area contributed by atoms with Gasteiger partial charge < -0.3 is 10.6 Å². The molecule has 0 bridgehead atoms. The maximum atomic E-state index is 13.4. The Kier molecular flexibility index (Phi) is 4.71. The van der Waals surface area contributed by atoms with Crippen molar-refractivity contribution in [2.45, 2.75) is 27.2 Å². The van der Waals surface area contributed by atoms with E-state index in [4.69, 9.17) is 0 Å². The Hall–Kier alpha value is -3.40. The number of ketones is 2. The molecule has 4 heteroatoms. The molecule has 2 N–H and O–H groups in total. The van der Waals surface area contributed by atoms with Crippen LogP contribution in [0.5, 0.6) is 0 Å². The molecule has 0 radical (unpaired) electrons. The summed E-state index contributed by atoms with van der Waals surface area (Å²) < 4.78 is 0. The molecule has 0 aromatic heterocycles.